The minimum absolute atomic E-state index is 0.0398. The van der Waals surface area contributed by atoms with E-state index in [2.05, 4.69) is 15.2 Å². The van der Waals surface area contributed by atoms with Crippen LogP contribution in [0.5, 0.6) is 0 Å². The highest BCUT2D eigenvalue weighted by Gasteiger charge is 2.27. The molecule has 23 heavy (non-hydrogen) atoms. The highest BCUT2D eigenvalue weighted by molar-refractivity contribution is 5.79. The number of hydrogen-bond acceptors (Lipinski definition) is 5. The molecular weight excluding hydrogens is 294 g/mol. The van der Waals surface area contributed by atoms with Gasteiger partial charge in [-0.1, -0.05) is 12.1 Å². The number of amides is 1. The second kappa shape index (κ2) is 7.10. The summed E-state index contributed by atoms with van der Waals surface area (Å²) in [6.45, 7) is 5.66. The monoisotopic (exact) mass is 317 g/mol. The number of hydrogen-bond donors (Lipinski definition) is 1. The Hall–Kier alpha value is -1.92. The van der Waals surface area contributed by atoms with E-state index in [1.54, 1.807) is 7.11 Å². The number of fused-ring (bicyclic) bond motifs is 1. The van der Waals surface area contributed by atoms with Crippen molar-refractivity contribution in [2.75, 3.05) is 33.4 Å². The van der Waals surface area contributed by atoms with Gasteiger partial charge in [-0.05, 0) is 31.5 Å². The molecule has 1 saturated heterocycles. The van der Waals surface area contributed by atoms with E-state index in [1.807, 2.05) is 25.1 Å². The third kappa shape index (κ3) is 3.71. The van der Waals surface area contributed by atoms with E-state index in [9.17, 15) is 4.79 Å². The van der Waals surface area contributed by atoms with E-state index in [0.717, 1.165) is 42.7 Å². The van der Waals surface area contributed by atoms with Crippen molar-refractivity contribution in [3.63, 3.8) is 0 Å². The molecule has 6 heteroatoms. The molecule has 1 N–H and O–H groups in total. The molecule has 0 radical (unpaired) electrons. The van der Waals surface area contributed by atoms with Gasteiger partial charge < -0.3 is 19.4 Å². The zero-order valence-electron chi connectivity index (χ0n) is 13.7. The molecule has 0 bridgehead atoms. The summed E-state index contributed by atoms with van der Waals surface area (Å²) >= 11 is 0. The van der Waals surface area contributed by atoms with Crippen molar-refractivity contribution in [1.29, 1.82) is 0 Å². The lowest BCUT2D eigenvalue weighted by Gasteiger charge is -2.14. The highest BCUT2D eigenvalue weighted by atomic mass is 16.5. The maximum atomic E-state index is 12.3. The summed E-state index contributed by atoms with van der Waals surface area (Å²) in [5.41, 5.74) is 2.71. The molecule has 2 aromatic rings. The molecule has 1 atom stereocenters. The van der Waals surface area contributed by atoms with Gasteiger partial charge in [0, 0.05) is 20.2 Å². The predicted molar refractivity (Wildman–Crippen MR) is 87.0 cm³/mol. The first-order valence-electron chi connectivity index (χ1n) is 8.01. The summed E-state index contributed by atoms with van der Waals surface area (Å²) in [6, 6.07) is 5.84. The van der Waals surface area contributed by atoms with Crippen LogP contribution in [0, 0.1) is 12.8 Å². The van der Waals surface area contributed by atoms with Crippen molar-refractivity contribution in [3.05, 3.63) is 29.7 Å². The number of carbonyl (C=O) groups excluding carboxylic acids is 1. The van der Waals surface area contributed by atoms with Crippen molar-refractivity contribution in [2.45, 2.75) is 19.9 Å². The van der Waals surface area contributed by atoms with Crippen LogP contribution in [0.2, 0.25) is 0 Å². The average Bonchev–Trinajstić information content (AvgIpc) is 3.18. The lowest BCUT2D eigenvalue weighted by atomic mass is 10.1. The molecule has 1 aliphatic rings. The Kier molecular flexibility index (Phi) is 4.93. The maximum Gasteiger partial charge on any atom is 0.224 e. The first kappa shape index (κ1) is 16.0. The van der Waals surface area contributed by atoms with Gasteiger partial charge in [-0.15, -0.1) is 0 Å². The fourth-order valence-electron chi connectivity index (χ4n) is 2.98. The van der Waals surface area contributed by atoms with Crippen molar-refractivity contribution in [2.24, 2.45) is 5.92 Å². The molecule has 0 saturated carbocycles. The van der Waals surface area contributed by atoms with Crippen LogP contribution in [-0.2, 0) is 16.1 Å². The van der Waals surface area contributed by atoms with E-state index < -0.39 is 0 Å². The Balaban J connectivity index is 1.53. The van der Waals surface area contributed by atoms with Gasteiger partial charge in [0.2, 0.25) is 11.8 Å². The van der Waals surface area contributed by atoms with Crippen molar-refractivity contribution in [3.8, 4) is 0 Å². The van der Waals surface area contributed by atoms with Gasteiger partial charge >= 0.3 is 0 Å². The topological polar surface area (TPSA) is 67.6 Å². The van der Waals surface area contributed by atoms with Gasteiger partial charge in [-0.3, -0.25) is 4.79 Å². The number of aromatic nitrogens is 1. The molecule has 124 valence electrons. The van der Waals surface area contributed by atoms with Gasteiger partial charge in [0.05, 0.1) is 19.1 Å². The Morgan fingerprint density at radius 2 is 2.39 bits per heavy atom. The molecule has 1 aromatic heterocycles. The summed E-state index contributed by atoms with van der Waals surface area (Å²) < 4.78 is 10.8. The molecule has 0 spiro atoms. The molecule has 6 nitrogen and oxygen atoms in total. The van der Waals surface area contributed by atoms with Crippen LogP contribution < -0.4 is 5.32 Å². The van der Waals surface area contributed by atoms with E-state index >= 15 is 0 Å². The number of carbonyl (C=O) groups is 1. The van der Waals surface area contributed by atoms with Crippen LogP contribution in [0.15, 0.2) is 22.6 Å². The molecule has 2 heterocycles. The number of para-hydroxylation sites is 1. The number of oxazole rings is 1. The van der Waals surface area contributed by atoms with Crippen LogP contribution >= 0.6 is 0 Å². The number of aryl methyl sites for hydroxylation is 1. The minimum Gasteiger partial charge on any atom is -0.439 e. The molecule has 1 aromatic carbocycles. The van der Waals surface area contributed by atoms with E-state index in [4.69, 9.17) is 9.15 Å². The van der Waals surface area contributed by atoms with Crippen LogP contribution in [-0.4, -0.2) is 49.1 Å². The molecule has 1 aliphatic heterocycles. The van der Waals surface area contributed by atoms with E-state index in [-0.39, 0.29) is 11.8 Å². The number of nitrogens with one attached hydrogen (secondary N) is 1. The Labute approximate surface area is 135 Å². The number of rotatable bonds is 6. The van der Waals surface area contributed by atoms with Gasteiger partial charge in [0.1, 0.15) is 5.52 Å². The van der Waals surface area contributed by atoms with Crippen molar-refractivity contribution in [1.82, 2.24) is 15.2 Å². The van der Waals surface area contributed by atoms with Crippen LogP contribution in [0.4, 0.5) is 0 Å². The number of likely N-dealkylation sites (tertiary alicyclic amines) is 1. The fourth-order valence-corrected chi connectivity index (χ4v) is 2.98. The van der Waals surface area contributed by atoms with Gasteiger partial charge in [-0.25, -0.2) is 4.98 Å². The minimum atomic E-state index is 0.0398. The summed E-state index contributed by atoms with van der Waals surface area (Å²) in [5, 5.41) is 2.94. The third-order valence-electron chi connectivity index (χ3n) is 4.33. The van der Waals surface area contributed by atoms with Crippen molar-refractivity contribution < 1.29 is 13.9 Å². The second-order valence-electron chi connectivity index (χ2n) is 6.03. The average molecular weight is 317 g/mol. The first-order valence-corrected chi connectivity index (χ1v) is 8.01. The zero-order valence-corrected chi connectivity index (χ0v) is 13.7. The van der Waals surface area contributed by atoms with E-state index in [0.29, 0.717) is 19.0 Å². The number of nitrogens with zero attached hydrogens (tertiary/aromatic N) is 2. The van der Waals surface area contributed by atoms with E-state index in [1.165, 1.54) is 0 Å². The number of methoxy groups -OCH3 is 1. The molecule has 1 fully saturated rings. The lowest BCUT2D eigenvalue weighted by molar-refractivity contribution is -0.124. The summed E-state index contributed by atoms with van der Waals surface area (Å²) in [6.07, 6.45) is 0.891. The van der Waals surface area contributed by atoms with Crippen LogP contribution in [0.3, 0.4) is 0 Å². The molecule has 1 amide bonds. The van der Waals surface area contributed by atoms with Crippen LogP contribution in [0.25, 0.3) is 11.1 Å². The SMILES string of the molecule is COCCN1CCC(C(=O)NCc2nc3c(C)cccc3o2)C1. The third-order valence-corrected chi connectivity index (χ3v) is 4.33. The smallest absolute Gasteiger partial charge is 0.224 e. The predicted octanol–water partition coefficient (Wildman–Crippen LogP) is 1.72. The van der Waals surface area contributed by atoms with Crippen molar-refractivity contribution >= 4 is 17.0 Å². The fraction of sp³-hybridized carbons (Fsp3) is 0.529. The summed E-state index contributed by atoms with van der Waals surface area (Å²) in [4.78, 5) is 19.0. The first-order chi connectivity index (χ1) is 11.2. The van der Waals surface area contributed by atoms with Crippen LogP contribution in [0.1, 0.15) is 17.9 Å². The maximum absolute atomic E-state index is 12.3. The van der Waals surface area contributed by atoms with Gasteiger partial charge in [0.15, 0.2) is 5.58 Å². The lowest BCUT2D eigenvalue weighted by Crippen LogP contribution is -2.33. The molecule has 3 rings (SSSR count). The number of ether oxygens (including phenoxy) is 1. The zero-order chi connectivity index (χ0) is 16.2. The van der Waals surface area contributed by atoms with Gasteiger partial charge in [-0.2, -0.15) is 0 Å². The Bertz CT molecular complexity index is 683. The molecule has 1 unspecified atom stereocenters. The summed E-state index contributed by atoms with van der Waals surface area (Å²) in [5.74, 6) is 0.666. The molecule has 0 aliphatic carbocycles. The quantitative estimate of drug-likeness (QED) is 0.878. The summed E-state index contributed by atoms with van der Waals surface area (Å²) in [7, 11) is 1.70. The standard InChI is InChI=1S/C17H23N3O3/c1-12-4-3-5-14-16(12)19-15(23-14)10-18-17(21)13-6-7-20(11-13)8-9-22-2/h3-5,13H,6-11H2,1-2H3,(H,18,21). The second-order valence-corrected chi connectivity index (χ2v) is 6.03. The Morgan fingerprint density at radius 3 is 3.17 bits per heavy atom. The highest BCUT2D eigenvalue weighted by Crippen LogP contribution is 2.19. The largest absolute Gasteiger partial charge is 0.439 e. The van der Waals surface area contributed by atoms with Gasteiger partial charge in [0.25, 0.3) is 0 Å². The Morgan fingerprint density at radius 1 is 1.52 bits per heavy atom. The molecular formula is C17H23N3O3. The number of benzene rings is 1. The normalized spacial score (nSPS) is 18.6.